The largest absolute Gasteiger partial charge is 0.328 e. The number of imide groups is 1. The second-order valence-corrected chi connectivity index (χ2v) is 4.82. The molecule has 2 aromatic rings. The van der Waals surface area contributed by atoms with Gasteiger partial charge in [0.15, 0.2) is 0 Å². The Labute approximate surface area is 126 Å². The quantitative estimate of drug-likeness (QED) is 0.699. The summed E-state index contributed by atoms with van der Waals surface area (Å²) >= 11 is 0. The Balaban J connectivity index is 1.96. The van der Waals surface area contributed by atoms with Crippen LogP contribution < -0.4 is 5.32 Å². The molecule has 0 atom stereocenters. The standard InChI is InChI=1S/C16H14FN3O2/c1-2-19-15(21)14(18-16(19)22)10-13-4-3-9-20(13)12-7-5-11(17)6-8-12/h3-10H,2H2,1H3,(H,18,22)/b14-10+. The van der Waals surface area contributed by atoms with Gasteiger partial charge in [0.05, 0.1) is 0 Å². The van der Waals surface area contributed by atoms with Gasteiger partial charge in [0, 0.05) is 24.1 Å². The van der Waals surface area contributed by atoms with E-state index >= 15 is 0 Å². The summed E-state index contributed by atoms with van der Waals surface area (Å²) in [6, 6.07) is 9.23. The van der Waals surface area contributed by atoms with Crippen LogP contribution in [-0.4, -0.2) is 28.0 Å². The molecule has 3 rings (SSSR count). The van der Waals surface area contributed by atoms with Crippen LogP contribution in [0.3, 0.4) is 0 Å². The van der Waals surface area contributed by atoms with Crippen LogP contribution in [0.4, 0.5) is 9.18 Å². The van der Waals surface area contributed by atoms with Crippen molar-refractivity contribution in [2.45, 2.75) is 6.92 Å². The second-order valence-electron chi connectivity index (χ2n) is 4.82. The van der Waals surface area contributed by atoms with Crippen LogP contribution in [0, 0.1) is 5.82 Å². The number of halogens is 1. The second kappa shape index (κ2) is 5.48. The molecule has 0 bridgehead atoms. The number of benzene rings is 1. The molecule has 1 saturated heterocycles. The Morgan fingerprint density at radius 3 is 2.55 bits per heavy atom. The van der Waals surface area contributed by atoms with E-state index in [1.54, 1.807) is 35.9 Å². The maximum atomic E-state index is 13.0. The number of nitrogens with zero attached hydrogens (tertiary/aromatic N) is 2. The molecule has 3 amide bonds. The number of likely N-dealkylation sites (N-methyl/N-ethyl adjacent to an activating group) is 1. The van der Waals surface area contributed by atoms with Gasteiger partial charge in [-0.25, -0.2) is 9.18 Å². The van der Waals surface area contributed by atoms with E-state index < -0.39 is 6.03 Å². The first-order valence-electron chi connectivity index (χ1n) is 6.88. The molecule has 1 N–H and O–H groups in total. The van der Waals surface area contributed by atoms with Gasteiger partial charge < -0.3 is 9.88 Å². The smallest absolute Gasteiger partial charge is 0.317 e. The van der Waals surface area contributed by atoms with Gasteiger partial charge in [0.2, 0.25) is 0 Å². The molecule has 1 aromatic carbocycles. The van der Waals surface area contributed by atoms with Crippen molar-refractivity contribution in [3.63, 3.8) is 0 Å². The van der Waals surface area contributed by atoms with E-state index in [1.165, 1.54) is 12.1 Å². The summed E-state index contributed by atoms with van der Waals surface area (Å²) in [5.74, 6) is -0.660. The molecule has 0 unspecified atom stereocenters. The minimum atomic E-state index is -0.418. The lowest BCUT2D eigenvalue weighted by Crippen LogP contribution is -2.30. The van der Waals surface area contributed by atoms with Gasteiger partial charge in [-0.1, -0.05) is 0 Å². The molecule has 0 radical (unpaired) electrons. The lowest BCUT2D eigenvalue weighted by molar-refractivity contribution is -0.122. The average molecular weight is 299 g/mol. The number of carbonyl (C=O) groups excluding carboxylic acids is 2. The van der Waals surface area contributed by atoms with Crippen LogP contribution in [0.25, 0.3) is 11.8 Å². The van der Waals surface area contributed by atoms with E-state index in [-0.39, 0.29) is 17.4 Å². The molecule has 1 aliphatic heterocycles. The van der Waals surface area contributed by atoms with Crippen LogP contribution >= 0.6 is 0 Å². The number of hydrogen-bond acceptors (Lipinski definition) is 2. The fourth-order valence-electron chi connectivity index (χ4n) is 2.36. The van der Waals surface area contributed by atoms with Gasteiger partial charge in [-0.2, -0.15) is 0 Å². The minimum absolute atomic E-state index is 0.230. The summed E-state index contributed by atoms with van der Waals surface area (Å²) in [6.07, 6.45) is 3.41. The highest BCUT2D eigenvalue weighted by Crippen LogP contribution is 2.18. The van der Waals surface area contributed by atoms with Crippen molar-refractivity contribution in [2.24, 2.45) is 0 Å². The maximum absolute atomic E-state index is 13.0. The first kappa shape index (κ1) is 14.1. The zero-order valence-electron chi connectivity index (χ0n) is 11.9. The highest BCUT2D eigenvalue weighted by Gasteiger charge is 2.32. The number of urea groups is 1. The lowest BCUT2D eigenvalue weighted by atomic mass is 10.2. The third-order valence-electron chi connectivity index (χ3n) is 3.46. The Morgan fingerprint density at radius 1 is 1.18 bits per heavy atom. The summed E-state index contributed by atoms with van der Waals surface area (Å²) in [4.78, 5) is 24.9. The molecule has 1 fully saturated rings. The van der Waals surface area contributed by atoms with Crippen LogP contribution in [0.2, 0.25) is 0 Å². The van der Waals surface area contributed by atoms with Gasteiger partial charge in [0.1, 0.15) is 11.5 Å². The number of nitrogens with one attached hydrogen (secondary N) is 1. The highest BCUT2D eigenvalue weighted by atomic mass is 19.1. The number of hydrogen-bond donors (Lipinski definition) is 1. The van der Waals surface area contributed by atoms with Gasteiger partial charge in [-0.15, -0.1) is 0 Å². The van der Waals surface area contributed by atoms with Gasteiger partial charge in [-0.05, 0) is 49.4 Å². The molecular formula is C16H14FN3O2. The molecule has 112 valence electrons. The van der Waals surface area contributed by atoms with Crippen molar-refractivity contribution < 1.29 is 14.0 Å². The first-order chi connectivity index (χ1) is 10.6. The molecule has 6 heteroatoms. The highest BCUT2D eigenvalue weighted by molar-refractivity contribution is 6.13. The van der Waals surface area contributed by atoms with Gasteiger partial charge >= 0.3 is 6.03 Å². The van der Waals surface area contributed by atoms with Crippen LogP contribution in [0.15, 0.2) is 48.3 Å². The van der Waals surface area contributed by atoms with Crippen molar-refractivity contribution in [1.29, 1.82) is 0 Å². The van der Waals surface area contributed by atoms with Crippen molar-refractivity contribution in [1.82, 2.24) is 14.8 Å². The number of carbonyl (C=O) groups is 2. The maximum Gasteiger partial charge on any atom is 0.328 e. The zero-order valence-corrected chi connectivity index (χ0v) is 11.9. The van der Waals surface area contributed by atoms with E-state index in [1.807, 2.05) is 12.1 Å². The molecule has 1 aromatic heterocycles. The normalized spacial score (nSPS) is 16.5. The first-order valence-corrected chi connectivity index (χ1v) is 6.88. The monoisotopic (exact) mass is 299 g/mol. The van der Waals surface area contributed by atoms with Crippen molar-refractivity contribution in [3.05, 3.63) is 59.8 Å². The fourth-order valence-corrected chi connectivity index (χ4v) is 2.36. The van der Waals surface area contributed by atoms with E-state index in [0.717, 1.165) is 10.6 Å². The Kier molecular flexibility index (Phi) is 3.50. The summed E-state index contributed by atoms with van der Waals surface area (Å²) in [7, 11) is 0. The summed E-state index contributed by atoms with van der Waals surface area (Å²) in [6.45, 7) is 2.06. The molecular weight excluding hydrogens is 285 g/mol. The zero-order chi connectivity index (χ0) is 15.7. The van der Waals surface area contributed by atoms with E-state index in [0.29, 0.717) is 12.2 Å². The third kappa shape index (κ3) is 2.39. The molecule has 0 saturated carbocycles. The van der Waals surface area contributed by atoms with Crippen LogP contribution in [0.1, 0.15) is 12.6 Å². The average Bonchev–Trinajstić information content (AvgIpc) is 3.06. The van der Waals surface area contributed by atoms with Crippen molar-refractivity contribution in [3.8, 4) is 5.69 Å². The molecule has 5 nitrogen and oxygen atoms in total. The van der Waals surface area contributed by atoms with Crippen LogP contribution in [0.5, 0.6) is 0 Å². The Bertz CT molecular complexity index is 762. The summed E-state index contributed by atoms with van der Waals surface area (Å²) < 4.78 is 14.8. The Hall–Kier alpha value is -2.89. The van der Waals surface area contributed by atoms with E-state index in [4.69, 9.17) is 0 Å². The number of aromatic nitrogens is 1. The topological polar surface area (TPSA) is 54.3 Å². The molecule has 0 spiro atoms. The lowest BCUT2D eigenvalue weighted by Gasteiger charge is -2.07. The predicted octanol–water partition coefficient (Wildman–Crippen LogP) is 2.53. The molecule has 2 heterocycles. The molecule has 22 heavy (non-hydrogen) atoms. The number of rotatable bonds is 3. The fraction of sp³-hybridized carbons (Fsp3) is 0.125. The van der Waals surface area contributed by atoms with E-state index in [2.05, 4.69) is 5.32 Å². The molecule has 1 aliphatic rings. The Morgan fingerprint density at radius 2 is 1.91 bits per heavy atom. The van der Waals surface area contributed by atoms with Crippen molar-refractivity contribution in [2.75, 3.05) is 6.54 Å². The third-order valence-corrected chi connectivity index (χ3v) is 3.46. The van der Waals surface area contributed by atoms with Gasteiger partial charge in [0.25, 0.3) is 5.91 Å². The molecule has 0 aliphatic carbocycles. The number of amides is 3. The van der Waals surface area contributed by atoms with Crippen molar-refractivity contribution >= 4 is 18.0 Å². The predicted molar refractivity (Wildman–Crippen MR) is 79.6 cm³/mol. The van der Waals surface area contributed by atoms with Crippen LogP contribution in [-0.2, 0) is 4.79 Å². The SMILES string of the molecule is CCN1C(=O)N/C(=C/c2cccn2-c2ccc(F)cc2)C1=O. The van der Waals surface area contributed by atoms with Gasteiger partial charge in [-0.3, -0.25) is 9.69 Å². The van der Waals surface area contributed by atoms with E-state index in [9.17, 15) is 14.0 Å². The summed E-state index contributed by atoms with van der Waals surface area (Å²) in [5, 5.41) is 2.56. The minimum Gasteiger partial charge on any atom is -0.317 e. The summed E-state index contributed by atoms with van der Waals surface area (Å²) in [5.41, 5.74) is 1.71.